The smallest absolute Gasteiger partial charge is 0.193 e. The van der Waals surface area contributed by atoms with E-state index in [0.717, 1.165) is 11.1 Å². The van der Waals surface area contributed by atoms with Crippen LogP contribution in [0.2, 0.25) is 0 Å². The first kappa shape index (κ1) is 10.9. The van der Waals surface area contributed by atoms with E-state index in [0.29, 0.717) is 5.57 Å². The monoisotopic (exact) mass is 212 g/mol. The lowest BCUT2D eigenvalue weighted by Gasteiger charge is -2.19. The molecule has 0 atom stereocenters. The van der Waals surface area contributed by atoms with Gasteiger partial charge >= 0.3 is 0 Å². The fourth-order valence-corrected chi connectivity index (χ4v) is 1.90. The number of rotatable bonds is 1. The lowest BCUT2D eigenvalue weighted by Crippen LogP contribution is -2.11. The number of fused-ring (bicyclic) bond motifs is 1. The second-order valence-corrected chi connectivity index (χ2v) is 5.18. The van der Waals surface area contributed by atoms with Gasteiger partial charge in [0, 0.05) is 11.1 Å². The molecule has 1 aliphatic rings. The van der Waals surface area contributed by atoms with Crippen molar-refractivity contribution in [2.24, 2.45) is 0 Å². The van der Waals surface area contributed by atoms with E-state index >= 15 is 0 Å². The number of carbonyl (C=O) groups excluding carboxylic acids is 1. The molecule has 0 saturated carbocycles. The van der Waals surface area contributed by atoms with E-state index in [1.54, 1.807) is 6.08 Å². The molecule has 0 spiro atoms. The van der Waals surface area contributed by atoms with Gasteiger partial charge in [0.1, 0.15) is 0 Å². The Morgan fingerprint density at radius 3 is 2.50 bits per heavy atom. The Morgan fingerprint density at radius 2 is 1.94 bits per heavy atom. The molecule has 0 amide bonds. The van der Waals surface area contributed by atoms with Crippen LogP contribution >= 0.6 is 0 Å². The minimum atomic E-state index is 0.0884. The maximum Gasteiger partial charge on any atom is 0.193 e. The van der Waals surface area contributed by atoms with Gasteiger partial charge in [-0.1, -0.05) is 51.6 Å². The average molecular weight is 212 g/mol. The van der Waals surface area contributed by atoms with E-state index in [-0.39, 0.29) is 11.2 Å². The van der Waals surface area contributed by atoms with Gasteiger partial charge in [0.25, 0.3) is 0 Å². The maximum absolute atomic E-state index is 11.8. The Hall–Kier alpha value is -1.63. The summed E-state index contributed by atoms with van der Waals surface area (Å²) in [5.41, 5.74) is 3.87. The Bertz CT molecular complexity index is 499. The van der Waals surface area contributed by atoms with Crippen LogP contribution in [0.5, 0.6) is 0 Å². The molecule has 0 N–H and O–H groups in total. The summed E-state index contributed by atoms with van der Waals surface area (Å²) in [7, 11) is 0. The quantitative estimate of drug-likeness (QED) is 0.693. The Labute approximate surface area is 96.5 Å². The van der Waals surface area contributed by atoms with Gasteiger partial charge < -0.3 is 0 Å². The third-order valence-corrected chi connectivity index (χ3v) is 2.96. The van der Waals surface area contributed by atoms with Crippen molar-refractivity contribution >= 4 is 11.9 Å². The highest BCUT2D eigenvalue weighted by Gasteiger charge is 2.22. The van der Waals surface area contributed by atoms with Crippen molar-refractivity contribution in [3.05, 3.63) is 53.1 Å². The van der Waals surface area contributed by atoms with Gasteiger partial charge in [-0.05, 0) is 22.6 Å². The van der Waals surface area contributed by atoms with Crippen LogP contribution < -0.4 is 0 Å². The molecule has 1 aromatic rings. The molecule has 0 saturated heterocycles. The lowest BCUT2D eigenvalue weighted by molar-refractivity contribution is 0.104. The maximum atomic E-state index is 11.8. The fourth-order valence-electron chi connectivity index (χ4n) is 1.90. The third kappa shape index (κ3) is 1.63. The molecule has 16 heavy (non-hydrogen) atoms. The van der Waals surface area contributed by atoms with E-state index in [9.17, 15) is 4.79 Å². The summed E-state index contributed by atoms with van der Waals surface area (Å²) >= 11 is 0. The Kier molecular flexibility index (Phi) is 2.34. The van der Waals surface area contributed by atoms with Crippen LogP contribution in [0.1, 0.15) is 42.3 Å². The van der Waals surface area contributed by atoms with Gasteiger partial charge in [-0.3, -0.25) is 4.79 Å². The molecule has 1 aromatic carbocycles. The normalized spacial score (nSPS) is 14.7. The van der Waals surface area contributed by atoms with Gasteiger partial charge in [-0.15, -0.1) is 0 Å². The standard InChI is InChI=1S/C15H16O/c1-5-10-8-11-9-12(15(2,3)4)6-7-13(11)14(10)16/h5-9H,1H2,2-4H3. The molecule has 0 bridgehead atoms. The topological polar surface area (TPSA) is 17.1 Å². The van der Waals surface area contributed by atoms with E-state index in [2.05, 4.69) is 33.4 Å². The van der Waals surface area contributed by atoms with Crippen molar-refractivity contribution in [1.29, 1.82) is 0 Å². The van der Waals surface area contributed by atoms with E-state index in [1.165, 1.54) is 5.56 Å². The van der Waals surface area contributed by atoms with Crippen molar-refractivity contribution in [3.8, 4) is 0 Å². The highest BCUT2D eigenvalue weighted by atomic mass is 16.1. The molecular formula is C15H16O. The van der Waals surface area contributed by atoms with Crippen LogP contribution in [0.25, 0.3) is 6.08 Å². The number of hydrogen-bond donors (Lipinski definition) is 0. The second-order valence-electron chi connectivity index (χ2n) is 5.18. The lowest BCUT2D eigenvalue weighted by atomic mass is 9.85. The predicted octanol–water partition coefficient (Wildman–Crippen LogP) is 3.75. The number of hydrogen-bond acceptors (Lipinski definition) is 1. The van der Waals surface area contributed by atoms with Crippen LogP contribution in [0.15, 0.2) is 36.4 Å². The van der Waals surface area contributed by atoms with Gasteiger partial charge in [-0.2, -0.15) is 0 Å². The van der Waals surface area contributed by atoms with Crippen molar-refractivity contribution in [2.45, 2.75) is 26.2 Å². The molecule has 0 unspecified atom stereocenters. The zero-order chi connectivity index (χ0) is 11.9. The average Bonchev–Trinajstić information content (AvgIpc) is 2.54. The first-order chi connectivity index (χ1) is 7.43. The van der Waals surface area contributed by atoms with E-state index in [4.69, 9.17) is 0 Å². The summed E-state index contributed by atoms with van der Waals surface area (Å²) in [4.78, 5) is 11.8. The Morgan fingerprint density at radius 1 is 1.25 bits per heavy atom. The van der Waals surface area contributed by atoms with Crippen LogP contribution in [-0.2, 0) is 5.41 Å². The van der Waals surface area contributed by atoms with Crippen LogP contribution in [-0.4, -0.2) is 5.78 Å². The molecule has 1 aliphatic carbocycles. The molecule has 2 rings (SSSR count). The summed E-state index contributed by atoms with van der Waals surface area (Å²) in [6.45, 7) is 10.2. The van der Waals surface area contributed by atoms with Crippen LogP contribution in [0, 0.1) is 0 Å². The zero-order valence-corrected chi connectivity index (χ0v) is 10.0. The number of Topliss-reactive ketones (excluding diaryl/α,β-unsaturated/α-hetero) is 1. The number of ketones is 1. The summed E-state index contributed by atoms with van der Waals surface area (Å²) in [5.74, 6) is 0.0884. The molecular weight excluding hydrogens is 196 g/mol. The molecule has 0 aliphatic heterocycles. The van der Waals surface area contributed by atoms with Gasteiger partial charge in [0.05, 0.1) is 0 Å². The number of carbonyl (C=O) groups is 1. The van der Waals surface area contributed by atoms with Gasteiger partial charge in [-0.25, -0.2) is 0 Å². The number of benzene rings is 1. The van der Waals surface area contributed by atoms with Crippen LogP contribution in [0.4, 0.5) is 0 Å². The molecule has 1 nitrogen and oxygen atoms in total. The first-order valence-corrected chi connectivity index (χ1v) is 5.47. The van der Waals surface area contributed by atoms with Crippen molar-refractivity contribution < 1.29 is 4.79 Å². The number of allylic oxidation sites excluding steroid dienone is 2. The minimum Gasteiger partial charge on any atom is -0.289 e. The fraction of sp³-hybridized carbons (Fsp3) is 0.267. The first-order valence-electron chi connectivity index (χ1n) is 5.47. The van der Waals surface area contributed by atoms with E-state index < -0.39 is 0 Å². The molecule has 0 radical (unpaired) electrons. The molecule has 1 heteroatoms. The molecule has 0 fully saturated rings. The second kappa shape index (κ2) is 3.44. The third-order valence-electron chi connectivity index (χ3n) is 2.96. The highest BCUT2D eigenvalue weighted by molar-refractivity contribution is 6.19. The predicted molar refractivity (Wildman–Crippen MR) is 67.6 cm³/mol. The SMILES string of the molecule is C=CC1=Cc2cc(C(C)(C)C)ccc2C1=O. The van der Waals surface area contributed by atoms with Crippen molar-refractivity contribution in [1.82, 2.24) is 0 Å². The molecule has 0 aromatic heterocycles. The largest absolute Gasteiger partial charge is 0.289 e. The van der Waals surface area contributed by atoms with Crippen molar-refractivity contribution in [3.63, 3.8) is 0 Å². The molecule has 0 heterocycles. The Balaban J connectivity index is 2.54. The molecule has 82 valence electrons. The van der Waals surface area contributed by atoms with E-state index in [1.807, 2.05) is 18.2 Å². The highest BCUT2D eigenvalue weighted by Crippen LogP contribution is 2.30. The minimum absolute atomic E-state index is 0.0884. The zero-order valence-electron chi connectivity index (χ0n) is 10.0. The van der Waals surface area contributed by atoms with Crippen molar-refractivity contribution in [2.75, 3.05) is 0 Å². The van der Waals surface area contributed by atoms with Gasteiger partial charge in [0.15, 0.2) is 5.78 Å². The van der Waals surface area contributed by atoms with Gasteiger partial charge in [0.2, 0.25) is 0 Å². The van der Waals surface area contributed by atoms with Crippen LogP contribution in [0.3, 0.4) is 0 Å². The summed E-state index contributed by atoms with van der Waals surface area (Å²) in [6, 6.07) is 6.06. The summed E-state index contributed by atoms with van der Waals surface area (Å²) in [6.07, 6.45) is 3.54. The summed E-state index contributed by atoms with van der Waals surface area (Å²) < 4.78 is 0. The summed E-state index contributed by atoms with van der Waals surface area (Å²) in [5, 5.41) is 0.